The van der Waals surface area contributed by atoms with E-state index in [-0.39, 0.29) is 6.42 Å². The number of benzene rings is 3. The monoisotopic (exact) mass is 419 g/mol. The molecule has 0 radical (unpaired) electrons. The Bertz CT molecular complexity index is 1260. The first-order valence-electron chi connectivity index (χ1n) is 9.64. The van der Waals surface area contributed by atoms with Gasteiger partial charge in [0.15, 0.2) is 6.61 Å². The van der Waals surface area contributed by atoms with Crippen molar-refractivity contribution in [3.05, 3.63) is 66.4 Å². The maximum atomic E-state index is 12.4. The first kappa shape index (κ1) is 20.3. The lowest BCUT2D eigenvalue weighted by atomic mass is 10.0. The molecular weight excluding hydrogens is 398 g/mol. The van der Waals surface area contributed by atoms with Crippen molar-refractivity contribution in [2.45, 2.75) is 6.42 Å². The lowest BCUT2D eigenvalue weighted by molar-refractivity contribution is -0.146. The van der Waals surface area contributed by atoms with E-state index in [0.29, 0.717) is 28.3 Å². The number of nitrogens with one attached hydrogen (secondary N) is 1. The molecular formula is C24H21NO6. The predicted molar refractivity (Wildman–Crippen MR) is 117 cm³/mol. The molecule has 158 valence electrons. The van der Waals surface area contributed by atoms with Gasteiger partial charge in [0.2, 0.25) is 0 Å². The second kappa shape index (κ2) is 8.79. The van der Waals surface area contributed by atoms with Gasteiger partial charge in [0, 0.05) is 17.0 Å². The Hall–Kier alpha value is -4.00. The number of rotatable bonds is 7. The van der Waals surface area contributed by atoms with Gasteiger partial charge in [-0.3, -0.25) is 9.59 Å². The number of hydrogen-bond donors (Lipinski definition) is 1. The third-order valence-corrected chi connectivity index (χ3v) is 4.92. The number of carbonyl (C=O) groups excluding carboxylic acids is 2. The van der Waals surface area contributed by atoms with E-state index in [1.807, 2.05) is 36.4 Å². The number of methoxy groups -OCH3 is 2. The zero-order valence-electron chi connectivity index (χ0n) is 17.1. The van der Waals surface area contributed by atoms with Gasteiger partial charge in [-0.1, -0.05) is 30.3 Å². The van der Waals surface area contributed by atoms with Crippen molar-refractivity contribution in [2.24, 2.45) is 0 Å². The number of hydrogen-bond acceptors (Lipinski definition) is 6. The molecule has 0 spiro atoms. The summed E-state index contributed by atoms with van der Waals surface area (Å²) in [5.74, 6) is 0.0451. The van der Waals surface area contributed by atoms with Crippen LogP contribution in [0.2, 0.25) is 0 Å². The number of carbonyl (C=O) groups is 2. The minimum atomic E-state index is -0.521. The van der Waals surface area contributed by atoms with Crippen LogP contribution in [0, 0.1) is 0 Å². The molecule has 0 fully saturated rings. The molecule has 1 N–H and O–H groups in total. The standard InChI is InChI=1S/C24H21NO6/c1-28-17-8-9-19(21(12-17)29-2)25-22(26)14-31-23(27)11-16-13-30-20-10-7-15-5-3-4-6-18(15)24(16)20/h3-10,12-13H,11,14H2,1-2H3,(H,25,26). The third-order valence-electron chi connectivity index (χ3n) is 4.92. The van der Waals surface area contributed by atoms with Crippen molar-refractivity contribution in [3.8, 4) is 11.5 Å². The van der Waals surface area contributed by atoms with Crippen LogP contribution in [0.25, 0.3) is 21.7 Å². The first-order valence-corrected chi connectivity index (χ1v) is 9.64. The molecule has 0 aliphatic rings. The van der Waals surface area contributed by atoms with Gasteiger partial charge in [-0.25, -0.2) is 0 Å². The Balaban J connectivity index is 1.41. The van der Waals surface area contributed by atoms with E-state index in [0.717, 1.165) is 16.2 Å². The van der Waals surface area contributed by atoms with Gasteiger partial charge in [0.1, 0.15) is 17.1 Å². The highest BCUT2D eigenvalue weighted by Crippen LogP contribution is 2.31. The molecule has 4 rings (SSSR count). The van der Waals surface area contributed by atoms with Crippen LogP contribution >= 0.6 is 0 Å². The summed E-state index contributed by atoms with van der Waals surface area (Å²) in [7, 11) is 3.03. The summed E-state index contributed by atoms with van der Waals surface area (Å²) in [5.41, 5.74) is 1.87. The molecule has 0 aliphatic carbocycles. The van der Waals surface area contributed by atoms with Crippen LogP contribution in [-0.4, -0.2) is 32.7 Å². The van der Waals surface area contributed by atoms with E-state index in [4.69, 9.17) is 18.6 Å². The van der Waals surface area contributed by atoms with Gasteiger partial charge in [-0.15, -0.1) is 0 Å². The average molecular weight is 419 g/mol. The Kier molecular flexibility index (Phi) is 5.75. The predicted octanol–water partition coefficient (Wildman–Crippen LogP) is 4.33. The Morgan fingerprint density at radius 2 is 1.84 bits per heavy atom. The number of anilines is 1. The zero-order chi connectivity index (χ0) is 21.8. The van der Waals surface area contributed by atoms with Crippen LogP contribution < -0.4 is 14.8 Å². The van der Waals surface area contributed by atoms with E-state index in [1.54, 1.807) is 31.6 Å². The Morgan fingerprint density at radius 1 is 1.00 bits per heavy atom. The molecule has 7 nitrogen and oxygen atoms in total. The van der Waals surface area contributed by atoms with Crippen molar-refractivity contribution in [2.75, 3.05) is 26.1 Å². The number of esters is 1. The molecule has 0 atom stereocenters. The van der Waals surface area contributed by atoms with Gasteiger partial charge in [-0.2, -0.15) is 0 Å². The van der Waals surface area contributed by atoms with Crippen molar-refractivity contribution in [3.63, 3.8) is 0 Å². The second-order valence-electron chi connectivity index (χ2n) is 6.87. The van der Waals surface area contributed by atoms with Crippen LogP contribution in [0.15, 0.2) is 65.3 Å². The highest BCUT2D eigenvalue weighted by Gasteiger charge is 2.16. The number of amides is 1. The lowest BCUT2D eigenvalue weighted by Crippen LogP contribution is -2.21. The molecule has 0 unspecified atom stereocenters. The zero-order valence-corrected chi connectivity index (χ0v) is 17.1. The summed E-state index contributed by atoms with van der Waals surface area (Å²) >= 11 is 0. The van der Waals surface area contributed by atoms with Crippen LogP contribution in [0.4, 0.5) is 5.69 Å². The van der Waals surface area contributed by atoms with E-state index in [9.17, 15) is 9.59 Å². The van der Waals surface area contributed by atoms with Crippen LogP contribution in [-0.2, 0) is 20.7 Å². The van der Waals surface area contributed by atoms with Crippen molar-refractivity contribution in [1.82, 2.24) is 0 Å². The van der Waals surface area contributed by atoms with Crippen LogP contribution in [0.3, 0.4) is 0 Å². The SMILES string of the molecule is COc1ccc(NC(=O)COC(=O)Cc2coc3ccc4ccccc4c23)c(OC)c1. The molecule has 0 aliphatic heterocycles. The second-order valence-corrected chi connectivity index (χ2v) is 6.87. The minimum Gasteiger partial charge on any atom is -0.497 e. The van der Waals surface area contributed by atoms with Gasteiger partial charge >= 0.3 is 5.97 Å². The first-order chi connectivity index (χ1) is 15.1. The lowest BCUT2D eigenvalue weighted by Gasteiger charge is -2.11. The normalized spacial score (nSPS) is 10.8. The summed E-state index contributed by atoms with van der Waals surface area (Å²) in [4.78, 5) is 24.6. The highest BCUT2D eigenvalue weighted by molar-refractivity contribution is 6.08. The molecule has 0 bridgehead atoms. The number of fused-ring (bicyclic) bond motifs is 3. The Labute approximate surface area is 178 Å². The fourth-order valence-corrected chi connectivity index (χ4v) is 3.45. The van der Waals surface area contributed by atoms with Crippen molar-refractivity contribution >= 4 is 39.3 Å². The fraction of sp³-hybridized carbons (Fsp3) is 0.167. The fourth-order valence-electron chi connectivity index (χ4n) is 3.45. The van der Waals surface area contributed by atoms with Crippen molar-refractivity contribution < 1.29 is 28.2 Å². The molecule has 4 aromatic rings. The molecule has 1 aromatic heterocycles. The summed E-state index contributed by atoms with van der Waals surface area (Å²) < 4.78 is 21.1. The molecule has 1 heterocycles. The molecule has 0 saturated carbocycles. The summed E-state index contributed by atoms with van der Waals surface area (Å²) in [5, 5.41) is 5.60. The number of furan rings is 1. The molecule has 7 heteroatoms. The quantitative estimate of drug-likeness (QED) is 0.449. The van der Waals surface area contributed by atoms with E-state index in [1.165, 1.54) is 7.11 Å². The summed E-state index contributed by atoms with van der Waals surface area (Å²) in [6.45, 7) is -0.412. The van der Waals surface area contributed by atoms with Crippen LogP contribution in [0.1, 0.15) is 5.56 Å². The molecule has 0 saturated heterocycles. The minimum absolute atomic E-state index is 0.000143. The summed E-state index contributed by atoms with van der Waals surface area (Å²) in [6, 6.07) is 16.7. The van der Waals surface area contributed by atoms with Gasteiger partial charge < -0.3 is 23.9 Å². The maximum absolute atomic E-state index is 12.4. The molecule has 31 heavy (non-hydrogen) atoms. The van der Waals surface area contributed by atoms with E-state index in [2.05, 4.69) is 5.32 Å². The van der Waals surface area contributed by atoms with E-state index >= 15 is 0 Å². The molecule has 3 aromatic carbocycles. The summed E-state index contributed by atoms with van der Waals surface area (Å²) in [6.07, 6.45) is 1.56. The average Bonchev–Trinajstić information content (AvgIpc) is 3.21. The van der Waals surface area contributed by atoms with E-state index < -0.39 is 18.5 Å². The largest absolute Gasteiger partial charge is 0.497 e. The highest BCUT2D eigenvalue weighted by atomic mass is 16.5. The van der Waals surface area contributed by atoms with Gasteiger partial charge in [-0.05, 0) is 29.0 Å². The third kappa shape index (κ3) is 4.30. The molecule has 1 amide bonds. The Morgan fingerprint density at radius 3 is 2.65 bits per heavy atom. The smallest absolute Gasteiger partial charge is 0.310 e. The topological polar surface area (TPSA) is 87.0 Å². The van der Waals surface area contributed by atoms with Gasteiger partial charge in [0.25, 0.3) is 5.91 Å². The number of ether oxygens (including phenoxy) is 3. The van der Waals surface area contributed by atoms with Crippen molar-refractivity contribution in [1.29, 1.82) is 0 Å². The van der Waals surface area contributed by atoms with Crippen LogP contribution in [0.5, 0.6) is 11.5 Å². The maximum Gasteiger partial charge on any atom is 0.310 e. The van der Waals surface area contributed by atoms with Gasteiger partial charge in [0.05, 0.1) is 32.6 Å².